The zero-order valence-corrected chi connectivity index (χ0v) is 24.6. The number of hydrogen-bond acceptors (Lipinski definition) is 5. The summed E-state index contributed by atoms with van der Waals surface area (Å²) >= 11 is 0. The summed E-state index contributed by atoms with van der Waals surface area (Å²) in [7, 11) is 3.87. The minimum Gasteiger partial charge on any atom is -0.497 e. The summed E-state index contributed by atoms with van der Waals surface area (Å²) in [4.78, 5) is 18.8. The Hall–Kier alpha value is -4.10. The number of hydrogen-bond donors (Lipinski definition) is 1. The zero-order chi connectivity index (χ0) is 28.7. The van der Waals surface area contributed by atoms with Crippen LogP contribution >= 0.6 is 0 Å². The SMILES string of the molecule is COc1ccc(CN2C(=O)C3(CCC3)c3cc(-c4ccnn4Cc4ccccc4)cc(NC4CCN(C)CC4)c32)cc1. The van der Waals surface area contributed by atoms with Gasteiger partial charge in [-0.1, -0.05) is 48.9 Å². The van der Waals surface area contributed by atoms with Crippen molar-refractivity contribution < 1.29 is 9.53 Å². The van der Waals surface area contributed by atoms with E-state index in [1.165, 1.54) is 11.1 Å². The lowest BCUT2D eigenvalue weighted by Gasteiger charge is -2.37. The number of carbonyl (C=O) groups excluding carboxylic acids is 1. The quantitative estimate of drug-likeness (QED) is 0.283. The highest BCUT2D eigenvalue weighted by Gasteiger charge is 2.55. The van der Waals surface area contributed by atoms with E-state index in [1.807, 2.05) is 24.4 Å². The van der Waals surface area contributed by atoms with Crippen LogP contribution in [0, 0.1) is 0 Å². The van der Waals surface area contributed by atoms with Gasteiger partial charge in [-0.25, -0.2) is 0 Å². The van der Waals surface area contributed by atoms with Gasteiger partial charge >= 0.3 is 0 Å². The average Bonchev–Trinajstić information content (AvgIpc) is 3.55. The third kappa shape index (κ3) is 4.75. The first kappa shape index (κ1) is 26.8. The third-order valence-corrected chi connectivity index (χ3v) is 9.52. The molecular weight excluding hydrogens is 522 g/mol. The van der Waals surface area contributed by atoms with Crippen molar-refractivity contribution in [2.75, 3.05) is 37.5 Å². The number of piperidine rings is 1. The molecule has 0 radical (unpaired) electrons. The number of benzene rings is 3. The molecule has 1 N–H and O–H groups in total. The number of anilines is 2. The highest BCUT2D eigenvalue weighted by atomic mass is 16.5. The van der Waals surface area contributed by atoms with Gasteiger partial charge in [0.25, 0.3) is 0 Å². The van der Waals surface area contributed by atoms with E-state index < -0.39 is 5.41 Å². The van der Waals surface area contributed by atoms with Gasteiger partial charge in [-0.15, -0.1) is 0 Å². The van der Waals surface area contributed by atoms with Crippen LogP contribution < -0.4 is 15.0 Å². The van der Waals surface area contributed by atoms with E-state index in [0.29, 0.717) is 19.1 Å². The van der Waals surface area contributed by atoms with Crippen LogP contribution in [0.2, 0.25) is 0 Å². The Balaban J connectivity index is 1.32. The molecule has 7 heteroatoms. The number of fused-ring (bicyclic) bond motifs is 2. The van der Waals surface area contributed by atoms with E-state index in [4.69, 9.17) is 9.84 Å². The number of ether oxygens (including phenoxy) is 1. The van der Waals surface area contributed by atoms with Gasteiger partial charge in [-0.05, 0) is 92.8 Å². The van der Waals surface area contributed by atoms with Crippen molar-refractivity contribution in [3.63, 3.8) is 0 Å². The van der Waals surface area contributed by atoms with Gasteiger partial charge in [0, 0.05) is 17.8 Å². The molecule has 1 aliphatic carbocycles. The highest BCUT2D eigenvalue weighted by Crippen LogP contribution is 2.57. The van der Waals surface area contributed by atoms with E-state index >= 15 is 0 Å². The lowest BCUT2D eigenvalue weighted by Crippen LogP contribution is -2.44. The standard InChI is InChI=1S/C35H39N5O2/c1-38-19-14-28(15-20-38)37-31-22-27(32-13-18-36-40(32)24-25-7-4-3-5-8-25)21-30-33(31)39(34(41)35(30)16-6-17-35)23-26-9-11-29(42-2)12-10-26/h3-5,7-13,18,21-22,28,37H,6,14-17,19-20,23-24H2,1-2H3. The molecule has 3 aromatic carbocycles. The number of aromatic nitrogens is 2. The first-order valence-electron chi connectivity index (χ1n) is 15.2. The van der Waals surface area contributed by atoms with Crippen molar-refractivity contribution in [3.05, 3.63) is 95.7 Å². The Bertz CT molecular complexity index is 1570. The molecule has 2 fully saturated rings. The van der Waals surface area contributed by atoms with Gasteiger partial charge in [0.2, 0.25) is 5.91 Å². The largest absolute Gasteiger partial charge is 0.497 e. The molecule has 1 saturated heterocycles. The summed E-state index contributed by atoms with van der Waals surface area (Å²) in [5.74, 6) is 1.06. The van der Waals surface area contributed by atoms with Crippen molar-refractivity contribution >= 4 is 17.3 Å². The summed E-state index contributed by atoms with van der Waals surface area (Å²) in [5.41, 5.74) is 7.36. The van der Waals surface area contributed by atoms with Gasteiger partial charge in [0.1, 0.15) is 5.75 Å². The predicted octanol–water partition coefficient (Wildman–Crippen LogP) is 6.08. The van der Waals surface area contributed by atoms with Crippen molar-refractivity contribution in [2.45, 2.75) is 56.7 Å². The van der Waals surface area contributed by atoms with Crippen molar-refractivity contribution in [3.8, 4) is 17.0 Å². The maximum atomic E-state index is 14.3. The minimum atomic E-state index is -0.439. The van der Waals surface area contributed by atoms with Crippen molar-refractivity contribution in [1.29, 1.82) is 0 Å². The molecule has 0 bridgehead atoms. The number of nitrogens with zero attached hydrogens (tertiary/aromatic N) is 4. The van der Waals surface area contributed by atoms with E-state index in [-0.39, 0.29) is 5.91 Å². The lowest BCUT2D eigenvalue weighted by atomic mass is 9.65. The average molecular weight is 562 g/mol. The number of rotatable bonds is 8. The van der Waals surface area contributed by atoms with Crippen molar-refractivity contribution in [2.24, 2.45) is 0 Å². The van der Waals surface area contributed by atoms with Crippen LogP contribution in [0.5, 0.6) is 5.75 Å². The number of carbonyl (C=O) groups is 1. The molecule has 3 heterocycles. The Morgan fingerprint density at radius 3 is 2.38 bits per heavy atom. The Morgan fingerprint density at radius 2 is 1.69 bits per heavy atom. The monoisotopic (exact) mass is 561 g/mol. The molecule has 216 valence electrons. The molecular formula is C35H39N5O2. The molecule has 0 unspecified atom stereocenters. The van der Waals surface area contributed by atoms with E-state index in [9.17, 15) is 4.79 Å². The predicted molar refractivity (Wildman–Crippen MR) is 167 cm³/mol. The van der Waals surface area contributed by atoms with Crippen LogP contribution in [0.15, 0.2) is 79.0 Å². The smallest absolute Gasteiger partial charge is 0.238 e. The molecule has 4 aromatic rings. The van der Waals surface area contributed by atoms with Crippen LogP contribution in [0.25, 0.3) is 11.3 Å². The molecule has 1 aromatic heterocycles. The topological polar surface area (TPSA) is 62.6 Å². The van der Waals surface area contributed by atoms with Gasteiger partial charge < -0.3 is 19.9 Å². The molecule has 1 saturated carbocycles. The summed E-state index contributed by atoms with van der Waals surface area (Å²) < 4.78 is 7.46. The fourth-order valence-corrected chi connectivity index (χ4v) is 6.93. The molecule has 1 spiro atoms. The second-order valence-electron chi connectivity index (χ2n) is 12.2. The number of likely N-dealkylation sites (tertiary alicyclic amines) is 1. The van der Waals surface area contributed by atoms with Gasteiger partial charge in [0.05, 0.1) is 42.7 Å². The molecule has 1 amide bonds. The van der Waals surface area contributed by atoms with Crippen LogP contribution in [-0.4, -0.2) is 53.9 Å². The second-order valence-corrected chi connectivity index (χ2v) is 12.2. The normalized spacial score (nSPS) is 18.2. The third-order valence-electron chi connectivity index (χ3n) is 9.52. The molecule has 42 heavy (non-hydrogen) atoms. The molecule has 2 aliphatic heterocycles. The Kier molecular flexibility index (Phi) is 6.98. The van der Waals surface area contributed by atoms with Crippen molar-refractivity contribution in [1.82, 2.24) is 14.7 Å². The molecule has 7 rings (SSSR count). The maximum absolute atomic E-state index is 14.3. The summed E-state index contributed by atoms with van der Waals surface area (Å²) in [6, 6.07) is 25.6. The summed E-state index contributed by atoms with van der Waals surface area (Å²) in [6.45, 7) is 3.39. The first-order valence-corrected chi connectivity index (χ1v) is 15.2. The minimum absolute atomic E-state index is 0.237. The first-order chi connectivity index (χ1) is 20.5. The fraction of sp³-hybridized carbons (Fsp3) is 0.371. The van der Waals surface area contributed by atoms with Crippen LogP contribution in [0.3, 0.4) is 0 Å². The number of amides is 1. The summed E-state index contributed by atoms with van der Waals surface area (Å²) in [5, 5.41) is 8.65. The molecule has 3 aliphatic rings. The zero-order valence-electron chi connectivity index (χ0n) is 24.6. The maximum Gasteiger partial charge on any atom is 0.238 e. The molecule has 0 atom stereocenters. The fourth-order valence-electron chi connectivity index (χ4n) is 6.93. The number of nitrogens with one attached hydrogen (secondary N) is 1. The van der Waals surface area contributed by atoms with E-state index in [1.54, 1.807) is 7.11 Å². The second kappa shape index (κ2) is 11.0. The summed E-state index contributed by atoms with van der Waals surface area (Å²) in [6.07, 6.45) is 6.93. The Morgan fingerprint density at radius 1 is 0.952 bits per heavy atom. The van der Waals surface area contributed by atoms with Gasteiger partial charge in [0.15, 0.2) is 0 Å². The van der Waals surface area contributed by atoms with Gasteiger partial charge in [-0.2, -0.15) is 5.10 Å². The van der Waals surface area contributed by atoms with Crippen LogP contribution in [0.4, 0.5) is 11.4 Å². The van der Waals surface area contributed by atoms with Crippen LogP contribution in [0.1, 0.15) is 48.8 Å². The number of methoxy groups -OCH3 is 1. The van der Waals surface area contributed by atoms with Crippen LogP contribution in [-0.2, 0) is 23.3 Å². The lowest BCUT2D eigenvalue weighted by molar-refractivity contribution is -0.126. The highest BCUT2D eigenvalue weighted by molar-refractivity contribution is 6.12. The van der Waals surface area contributed by atoms with E-state index in [2.05, 4.69) is 81.4 Å². The molecule has 7 nitrogen and oxygen atoms in total. The van der Waals surface area contributed by atoms with Gasteiger partial charge in [-0.3, -0.25) is 9.48 Å². The van der Waals surface area contributed by atoms with E-state index in [0.717, 1.165) is 79.1 Å². The Labute approximate surface area is 248 Å².